The summed E-state index contributed by atoms with van der Waals surface area (Å²) in [6, 6.07) is 11.0. The summed E-state index contributed by atoms with van der Waals surface area (Å²) in [6.07, 6.45) is 4.88. The molecule has 1 aliphatic rings. The lowest BCUT2D eigenvalue weighted by atomic mass is 10.1. The first-order valence-electron chi connectivity index (χ1n) is 7.32. The lowest BCUT2D eigenvalue weighted by molar-refractivity contribution is 0.271. The van der Waals surface area contributed by atoms with E-state index in [4.69, 9.17) is 0 Å². The van der Waals surface area contributed by atoms with Crippen molar-refractivity contribution >= 4 is 5.69 Å². The summed E-state index contributed by atoms with van der Waals surface area (Å²) < 4.78 is 0. The number of nitrogens with zero attached hydrogens (tertiary/aromatic N) is 2. The van der Waals surface area contributed by atoms with E-state index in [2.05, 4.69) is 52.5 Å². The number of nitrogens with one attached hydrogen (secondary N) is 1. The van der Waals surface area contributed by atoms with Crippen LogP contribution in [0.2, 0.25) is 0 Å². The van der Waals surface area contributed by atoms with Crippen LogP contribution < -0.4 is 5.32 Å². The van der Waals surface area contributed by atoms with E-state index >= 15 is 0 Å². The largest absolute Gasteiger partial charge is 0.384 e. The predicted octanol–water partition coefficient (Wildman–Crippen LogP) is 3.07. The van der Waals surface area contributed by atoms with E-state index in [1.165, 1.54) is 22.4 Å². The van der Waals surface area contributed by atoms with E-state index in [1.807, 2.05) is 12.4 Å². The molecule has 0 saturated carbocycles. The highest BCUT2D eigenvalue weighted by molar-refractivity contribution is 5.56. The molecule has 104 valence electrons. The molecule has 3 heteroatoms. The Kier molecular flexibility index (Phi) is 3.97. The number of benzene rings is 1. The van der Waals surface area contributed by atoms with Crippen LogP contribution in [-0.2, 0) is 19.5 Å². The highest BCUT2D eigenvalue weighted by Crippen LogP contribution is 2.23. The van der Waals surface area contributed by atoms with E-state index in [1.54, 1.807) is 0 Å². The standard InChI is InChI=1S/C17H21N3/c1-2-20(12-14-5-8-18-9-6-14)13-15-3-4-17-16(11-15)7-10-19-17/h3-6,8-9,11,19H,2,7,10,12-13H2,1H3. The fourth-order valence-corrected chi connectivity index (χ4v) is 2.74. The Morgan fingerprint density at radius 2 is 1.90 bits per heavy atom. The summed E-state index contributed by atoms with van der Waals surface area (Å²) in [6.45, 7) is 6.33. The van der Waals surface area contributed by atoms with Crippen molar-refractivity contribution in [2.75, 3.05) is 18.4 Å². The molecule has 0 spiro atoms. The van der Waals surface area contributed by atoms with E-state index in [0.717, 1.165) is 32.6 Å². The van der Waals surface area contributed by atoms with Crippen LogP contribution in [0.4, 0.5) is 5.69 Å². The second kappa shape index (κ2) is 6.06. The summed E-state index contributed by atoms with van der Waals surface area (Å²) in [4.78, 5) is 6.53. The maximum atomic E-state index is 4.08. The van der Waals surface area contributed by atoms with Crippen molar-refractivity contribution in [3.05, 3.63) is 59.4 Å². The maximum absolute atomic E-state index is 4.08. The molecule has 20 heavy (non-hydrogen) atoms. The number of pyridine rings is 1. The van der Waals surface area contributed by atoms with Gasteiger partial charge in [0.15, 0.2) is 0 Å². The molecule has 3 rings (SSSR count). The molecule has 0 unspecified atom stereocenters. The van der Waals surface area contributed by atoms with E-state index in [0.29, 0.717) is 0 Å². The molecule has 0 atom stereocenters. The van der Waals surface area contributed by atoms with Gasteiger partial charge < -0.3 is 5.32 Å². The number of aromatic nitrogens is 1. The van der Waals surface area contributed by atoms with Gasteiger partial charge in [0, 0.05) is 37.7 Å². The Morgan fingerprint density at radius 1 is 1.10 bits per heavy atom. The van der Waals surface area contributed by atoms with E-state index in [9.17, 15) is 0 Å². The topological polar surface area (TPSA) is 28.2 Å². The molecular weight excluding hydrogens is 246 g/mol. The monoisotopic (exact) mass is 267 g/mol. The second-order valence-electron chi connectivity index (χ2n) is 5.33. The fourth-order valence-electron chi connectivity index (χ4n) is 2.74. The van der Waals surface area contributed by atoms with Gasteiger partial charge in [-0.1, -0.05) is 19.1 Å². The number of anilines is 1. The first-order chi connectivity index (χ1) is 9.85. The van der Waals surface area contributed by atoms with Crippen molar-refractivity contribution in [1.29, 1.82) is 0 Å². The predicted molar refractivity (Wildman–Crippen MR) is 82.7 cm³/mol. The maximum Gasteiger partial charge on any atom is 0.0373 e. The van der Waals surface area contributed by atoms with Crippen LogP contribution in [0.1, 0.15) is 23.6 Å². The van der Waals surface area contributed by atoms with Gasteiger partial charge in [-0.3, -0.25) is 9.88 Å². The summed E-state index contributed by atoms with van der Waals surface area (Å²) in [5.74, 6) is 0. The van der Waals surface area contributed by atoms with Crippen molar-refractivity contribution < 1.29 is 0 Å². The SMILES string of the molecule is CCN(Cc1ccncc1)Cc1ccc2c(c1)CCN2. The van der Waals surface area contributed by atoms with Crippen molar-refractivity contribution in [2.45, 2.75) is 26.4 Å². The summed E-state index contributed by atoms with van der Waals surface area (Å²) >= 11 is 0. The molecule has 1 N–H and O–H groups in total. The molecule has 0 amide bonds. The van der Waals surface area contributed by atoms with Crippen LogP contribution in [0.5, 0.6) is 0 Å². The van der Waals surface area contributed by atoms with Crippen LogP contribution in [-0.4, -0.2) is 23.0 Å². The molecule has 0 fully saturated rings. The Hall–Kier alpha value is -1.87. The molecule has 2 aromatic rings. The van der Waals surface area contributed by atoms with Gasteiger partial charge in [0.25, 0.3) is 0 Å². The molecular formula is C17H21N3. The van der Waals surface area contributed by atoms with Gasteiger partial charge in [-0.2, -0.15) is 0 Å². The first kappa shape index (κ1) is 13.1. The third kappa shape index (κ3) is 2.99. The molecule has 3 nitrogen and oxygen atoms in total. The van der Waals surface area contributed by atoms with Crippen molar-refractivity contribution in [1.82, 2.24) is 9.88 Å². The zero-order chi connectivity index (χ0) is 13.8. The molecule has 1 aromatic carbocycles. The van der Waals surface area contributed by atoms with E-state index < -0.39 is 0 Å². The summed E-state index contributed by atoms with van der Waals surface area (Å²) in [5.41, 5.74) is 5.50. The van der Waals surface area contributed by atoms with Crippen LogP contribution in [0.3, 0.4) is 0 Å². The normalized spacial score (nSPS) is 13.3. The van der Waals surface area contributed by atoms with Gasteiger partial charge in [0.05, 0.1) is 0 Å². The fraction of sp³-hybridized carbons (Fsp3) is 0.353. The minimum atomic E-state index is 0.981. The molecule has 2 heterocycles. The molecule has 0 bridgehead atoms. The third-order valence-corrected chi connectivity index (χ3v) is 3.89. The van der Waals surface area contributed by atoms with Gasteiger partial charge in [-0.05, 0) is 47.9 Å². The van der Waals surface area contributed by atoms with Gasteiger partial charge in [0.2, 0.25) is 0 Å². The Balaban J connectivity index is 1.68. The van der Waals surface area contributed by atoms with Gasteiger partial charge in [-0.15, -0.1) is 0 Å². The number of hydrogen-bond donors (Lipinski definition) is 1. The number of fused-ring (bicyclic) bond motifs is 1. The van der Waals surface area contributed by atoms with Crippen molar-refractivity contribution in [2.24, 2.45) is 0 Å². The lowest BCUT2D eigenvalue weighted by Gasteiger charge is -2.21. The van der Waals surface area contributed by atoms with Gasteiger partial charge in [0.1, 0.15) is 0 Å². The quantitative estimate of drug-likeness (QED) is 0.902. The average Bonchev–Trinajstić information content (AvgIpc) is 2.95. The van der Waals surface area contributed by atoms with Crippen LogP contribution in [0.15, 0.2) is 42.7 Å². The molecule has 0 saturated heterocycles. The Morgan fingerprint density at radius 3 is 2.70 bits per heavy atom. The molecule has 0 aliphatic carbocycles. The highest BCUT2D eigenvalue weighted by Gasteiger charge is 2.11. The third-order valence-electron chi connectivity index (χ3n) is 3.89. The Labute approximate surface area is 120 Å². The minimum absolute atomic E-state index is 0.981. The average molecular weight is 267 g/mol. The second-order valence-corrected chi connectivity index (χ2v) is 5.33. The zero-order valence-electron chi connectivity index (χ0n) is 12.0. The first-order valence-corrected chi connectivity index (χ1v) is 7.32. The molecule has 1 aliphatic heterocycles. The number of hydrogen-bond acceptors (Lipinski definition) is 3. The van der Waals surface area contributed by atoms with Crippen molar-refractivity contribution in [3.63, 3.8) is 0 Å². The van der Waals surface area contributed by atoms with Crippen LogP contribution >= 0.6 is 0 Å². The zero-order valence-corrected chi connectivity index (χ0v) is 12.0. The number of rotatable bonds is 5. The van der Waals surface area contributed by atoms with Gasteiger partial charge >= 0.3 is 0 Å². The van der Waals surface area contributed by atoms with Crippen molar-refractivity contribution in [3.8, 4) is 0 Å². The highest BCUT2D eigenvalue weighted by atomic mass is 15.1. The molecule has 0 radical (unpaired) electrons. The molecule has 1 aromatic heterocycles. The smallest absolute Gasteiger partial charge is 0.0373 e. The minimum Gasteiger partial charge on any atom is -0.384 e. The summed E-state index contributed by atoms with van der Waals surface area (Å²) in [7, 11) is 0. The summed E-state index contributed by atoms with van der Waals surface area (Å²) in [5, 5.41) is 3.41. The van der Waals surface area contributed by atoms with Crippen LogP contribution in [0.25, 0.3) is 0 Å². The lowest BCUT2D eigenvalue weighted by Crippen LogP contribution is -2.22. The van der Waals surface area contributed by atoms with E-state index in [-0.39, 0.29) is 0 Å². The Bertz CT molecular complexity index is 566. The van der Waals surface area contributed by atoms with Gasteiger partial charge in [-0.25, -0.2) is 0 Å². The van der Waals surface area contributed by atoms with Crippen LogP contribution in [0, 0.1) is 0 Å².